The number of rotatable bonds is 4. The summed E-state index contributed by atoms with van der Waals surface area (Å²) >= 11 is 2.10. The first-order valence-electron chi connectivity index (χ1n) is 3.88. The molecule has 1 rings (SSSR count). The van der Waals surface area contributed by atoms with Gasteiger partial charge in [-0.1, -0.05) is 0 Å². The Morgan fingerprint density at radius 3 is 2.92 bits per heavy atom. The predicted octanol–water partition coefficient (Wildman–Crippen LogP) is 0.720. The Labute approximate surface area is 90.2 Å². The zero-order valence-corrected chi connectivity index (χ0v) is 9.42. The first-order valence-corrected chi connectivity index (χ1v) is 4.96. The van der Waals surface area contributed by atoms with E-state index in [1.54, 1.807) is 7.05 Å². The van der Waals surface area contributed by atoms with Crippen LogP contribution in [0.4, 0.5) is 0 Å². The Hall–Kier alpha value is -0.560. The van der Waals surface area contributed by atoms with E-state index in [-0.39, 0.29) is 5.91 Å². The van der Waals surface area contributed by atoms with E-state index >= 15 is 0 Å². The number of hydrogen-bond acceptors (Lipinski definition) is 3. The van der Waals surface area contributed by atoms with Gasteiger partial charge in [-0.15, -0.1) is 0 Å². The van der Waals surface area contributed by atoms with Crippen LogP contribution in [-0.4, -0.2) is 19.5 Å². The Bertz CT molecular complexity index is 285. The molecule has 0 saturated carbocycles. The summed E-state index contributed by atoms with van der Waals surface area (Å²) < 4.78 is 6.15. The number of amides is 1. The number of hydrogen-bond donors (Lipinski definition) is 2. The van der Waals surface area contributed by atoms with E-state index in [0.29, 0.717) is 13.1 Å². The summed E-state index contributed by atoms with van der Waals surface area (Å²) in [6.07, 6.45) is 0. The van der Waals surface area contributed by atoms with Crippen molar-refractivity contribution in [1.82, 2.24) is 10.6 Å². The average Bonchev–Trinajstić information content (AvgIpc) is 2.51. The number of halogens is 1. The van der Waals surface area contributed by atoms with Crippen molar-refractivity contribution in [2.24, 2.45) is 0 Å². The molecule has 5 heteroatoms. The van der Waals surface area contributed by atoms with Gasteiger partial charge >= 0.3 is 0 Å². The molecule has 2 N–H and O–H groups in total. The molecular formula is C8H11IN2O2. The van der Waals surface area contributed by atoms with Gasteiger partial charge in [-0.2, -0.15) is 0 Å². The summed E-state index contributed by atoms with van der Waals surface area (Å²) in [5.74, 6) is 0.814. The molecule has 0 radical (unpaired) electrons. The standard InChI is InChI=1S/C8H11IN2O2/c1-10-8(12)5-11-4-6-2-3-7(9)13-6/h2-3,11H,4-5H2,1H3,(H,10,12). The van der Waals surface area contributed by atoms with Crippen LogP contribution in [0.3, 0.4) is 0 Å². The Morgan fingerprint density at radius 2 is 2.38 bits per heavy atom. The van der Waals surface area contributed by atoms with Crippen molar-refractivity contribution in [3.8, 4) is 0 Å². The molecule has 0 spiro atoms. The van der Waals surface area contributed by atoms with Crippen molar-refractivity contribution in [3.63, 3.8) is 0 Å². The quantitative estimate of drug-likeness (QED) is 0.805. The molecule has 0 aromatic carbocycles. The molecule has 0 aliphatic heterocycles. The van der Waals surface area contributed by atoms with Gasteiger partial charge in [-0.05, 0) is 34.7 Å². The monoisotopic (exact) mass is 294 g/mol. The van der Waals surface area contributed by atoms with Gasteiger partial charge in [0.25, 0.3) is 0 Å². The van der Waals surface area contributed by atoms with Crippen LogP contribution in [0, 0.1) is 3.77 Å². The van der Waals surface area contributed by atoms with Crippen LogP contribution in [0.25, 0.3) is 0 Å². The van der Waals surface area contributed by atoms with Gasteiger partial charge in [-0.25, -0.2) is 0 Å². The van der Waals surface area contributed by atoms with Crippen molar-refractivity contribution in [2.75, 3.05) is 13.6 Å². The summed E-state index contributed by atoms with van der Waals surface area (Å²) in [4.78, 5) is 10.8. The molecule has 4 nitrogen and oxygen atoms in total. The third-order valence-electron chi connectivity index (χ3n) is 1.49. The van der Waals surface area contributed by atoms with Gasteiger partial charge < -0.3 is 15.1 Å². The van der Waals surface area contributed by atoms with E-state index in [9.17, 15) is 4.79 Å². The van der Waals surface area contributed by atoms with Gasteiger partial charge in [0.15, 0.2) is 3.77 Å². The molecule has 1 amide bonds. The largest absolute Gasteiger partial charge is 0.454 e. The predicted molar refractivity (Wildman–Crippen MR) is 57.2 cm³/mol. The van der Waals surface area contributed by atoms with E-state index in [4.69, 9.17) is 4.42 Å². The van der Waals surface area contributed by atoms with E-state index < -0.39 is 0 Å². The van der Waals surface area contributed by atoms with Crippen LogP contribution >= 0.6 is 22.6 Å². The highest BCUT2D eigenvalue weighted by atomic mass is 127. The highest BCUT2D eigenvalue weighted by Crippen LogP contribution is 2.09. The minimum atomic E-state index is -0.0266. The molecule has 0 saturated heterocycles. The second-order valence-corrected chi connectivity index (χ2v) is 3.55. The van der Waals surface area contributed by atoms with Crippen LogP contribution in [0.5, 0.6) is 0 Å². The molecule has 0 fully saturated rings. The third kappa shape index (κ3) is 3.77. The maximum atomic E-state index is 10.8. The Balaban J connectivity index is 2.24. The SMILES string of the molecule is CNC(=O)CNCc1ccc(I)o1. The summed E-state index contributed by atoms with van der Waals surface area (Å²) in [7, 11) is 1.61. The fraction of sp³-hybridized carbons (Fsp3) is 0.375. The number of carbonyl (C=O) groups excluding carboxylic acids is 1. The molecular weight excluding hydrogens is 283 g/mol. The third-order valence-corrected chi connectivity index (χ3v) is 2.07. The smallest absolute Gasteiger partial charge is 0.233 e. The van der Waals surface area contributed by atoms with Gasteiger partial charge in [0.05, 0.1) is 13.1 Å². The van der Waals surface area contributed by atoms with Gasteiger partial charge in [-0.3, -0.25) is 4.79 Å². The zero-order valence-electron chi connectivity index (χ0n) is 7.26. The van der Waals surface area contributed by atoms with E-state index in [0.717, 1.165) is 9.53 Å². The molecule has 0 aliphatic rings. The van der Waals surface area contributed by atoms with Crippen molar-refractivity contribution in [1.29, 1.82) is 0 Å². The fourth-order valence-corrected chi connectivity index (χ4v) is 1.30. The second-order valence-electron chi connectivity index (χ2n) is 2.48. The van der Waals surface area contributed by atoms with Crippen LogP contribution in [0.2, 0.25) is 0 Å². The van der Waals surface area contributed by atoms with Gasteiger partial charge in [0, 0.05) is 7.05 Å². The van der Waals surface area contributed by atoms with Crippen molar-refractivity contribution >= 4 is 28.5 Å². The molecule has 0 atom stereocenters. The lowest BCUT2D eigenvalue weighted by Gasteiger charge is -2.00. The maximum Gasteiger partial charge on any atom is 0.233 e. The highest BCUT2D eigenvalue weighted by Gasteiger charge is 2.00. The molecule has 0 unspecified atom stereocenters. The fourth-order valence-electron chi connectivity index (χ4n) is 0.834. The van der Waals surface area contributed by atoms with E-state index in [1.165, 1.54) is 0 Å². The van der Waals surface area contributed by atoms with Crippen molar-refractivity contribution in [2.45, 2.75) is 6.54 Å². The lowest BCUT2D eigenvalue weighted by Crippen LogP contribution is -2.30. The van der Waals surface area contributed by atoms with E-state index in [1.807, 2.05) is 12.1 Å². The summed E-state index contributed by atoms with van der Waals surface area (Å²) in [5.41, 5.74) is 0. The zero-order chi connectivity index (χ0) is 9.68. The Morgan fingerprint density at radius 1 is 1.62 bits per heavy atom. The molecule has 1 aromatic heterocycles. The minimum Gasteiger partial charge on any atom is -0.454 e. The maximum absolute atomic E-state index is 10.8. The first kappa shape index (κ1) is 10.5. The van der Waals surface area contributed by atoms with Crippen molar-refractivity contribution in [3.05, 3.63) is 21.7 Å². The van der Waals surface area contributed by atoms with Crippen LogP contribution < -0.4 is 10.6 Å². The summed E-state index contributed by atoms with van der Waals surface area (Å²) in [6.45, 7) is 0.893. The number of nitrogens with one attached hydrogen (secondary N) is 2. The number of furan rings is 1. The number of carbonyl (C=O) groups is 1. The van der Waals surface area contributed by atoms with Gasteiger partial charge in [0.2, 0.25) is 5.91 Å². The average molecular weight is 294 g/mol. The van der Waals surface area contributed by atoms with Crippen LogP contribution in [0.15, 0.2) is 16.5 Å². The molecule has 1 aromatic rings. The van der Waals surface area contributed by atoms with Gasteiger partial charge in [0.1, 0.15) is 5.76 Å². The number of likely N-dealkylation sites (N-methyl/N-ethyl adjacent to an activating group) is 1. The Kier molecular flexibility index (Phi) is 4.23. The summed E-state index contributed by atoms with van der Waals surface area (Å²) in [5, 5.41) is 5.48. The van der Waals surface area contributed by atoms with Crippen LogP contribution in [0.1, 0.15) is 5.76 Å². The molecule has 13 heavy (non-hydrogen) atoms. The highest BCUT2D eigenvalue weighted by molar-refractivity contribution is 14.1. The lowest BCUT2D eigenvalue weighted by atomic mass is 10.4. The first-order chi connectivity index (χ1) is 6.22. The molecule has 72 valence electrons. The van der Waals surface area contributed by atoms with Crippen molar-refractivity contribution < 1.29 is 9.21 Å². The molecule has 0 aliphatic carbocycles. The topological polar surface area (TPSA) is 54.3 Å². The van der Waals surface area contributed by atoms with E-state index in [2.05, 4.69) is 33.2 Å². The minimum absolute atomic E-state index is 0.0266. The molecule has 0 bridgehead atoms. The van der Waals surface area contributed by atoms with Crippen LogP contribution in [-0.2, 0) is 11.3 Å². The lowest BCUT2D eigenvalue weighted by molar-refractivity contribution is -0.119. The normalized spacial score (nSPS) is 10.0. The molecule has 1 heterocycles. The summed E-state index contributed by atoms with van der Waals surface area (Å²) in [6, 6.07) is 3.77. The second kappa shape index (κ2) is 5.23.